The molecule has 2 aromatic rings. The van der Waals surface area contributed by atoms with E-state index in [1.807, 2.05) is 25.3 Å². The third kappa shape index (κ3) is 3.91. The summed E-state index contributed by atoms with van der Waals surface area (Å²) in [4.78, 5) is 11.4. The predicted molar refractivity (Wildman–Crippen MR) is 89.7 cm³/mol. The Labute approximate surface area is 127 Å². The van der Waals surface area contributed by atoms with Crippen molar-refractivity contribution in [3.05, 3.63) is 30.1 Å². The summed E-state index contributed by atoms with van der Waals surface area (Å²) in [5.74, 6) is 0.931. The summed E-state index contributed by atoms with van der Waals surface area (Å²) in [5.41, 5.74) is 2.02. The predicted octanol–water partition coefficient (Wildman–Crippen LogP) is 3.47. The number of pyridine rings is 2. The minimum Gasteiger partial charge on any atom is -0.369 e. The van der Waals surface area contributed by atoms with Gasteiger partial charge >= 0.3 is 0 Å². The molecule has 1 N–H and O–H groups in total. The number of nitrogens with zero attached hydrogens (tertiary/aromatic N) is 3. The lowest BCUT2D eigenvalue weighted by Crippen LogP contribution is -2.40. The first-order valence-corrected chi connectivity index (χ1v) is 7.71. The molecular weight excluding hydrogens is 260 g/mol. The van der Waals surface area contributed by atoms with Crippen LogP contribution in [0.1, 0.15) is 33.4 Å². The molecule has 2 heterocycles. The Morgan fingerprint density at radius 1 is 1.10 bits per heavy atom. The summed E-state index contributed by atoms with van der Waals surface area (Å²) in [7, 11) is 0. The van der Waals surface area contributed by atoms with Gasteiger partial charge in [-0.15, -0.1) is 0 Å². The van der Waals surface area contributed by atoms with Gasteiger partial charge < -0.3 is 5.32 Å². The van der Waals surface area contributed by atoms with Crippen LogP contribution >= 0.6 is 0 Å². The molecule has 0 atom stereocenters. The van der Waals surface area contributed by atoms with Gasteiger partial charge in [-0.2, -0.15) is 0 Å². The summed E-state index contributed by atoms with van der Waals surface area (Å²) in [5, 5.41) is 4.54. The van der Waals surface area contributed by atoms with Crippen LogP contribution in [0.4, 0.5) is 5.82 Å². The van der Waals surface area contributed by atoms with Crippen molar-refractivity contribution in [2.75, 3.05) is 18.4 Å². The molecule has 0 aliphatic rings. The van der Waals surface area contributed by atoms with E-state index in [2.05, 4.69) is 53.9 Å². The molecule has 4 heteroatoms. The van der Waals surface area contributed by atoms with Crippen LogP contribution in [0.25, 0.3) is 10.9 Å². The van der Waals surface area contributed by atoms with Gasteiger partial charge in [-0.1, -0.05) is 0 Å². The van der Waals surface area contributed by atoms with Gasteiger partial charge in [-0.05, 0) is 52.8 Å². The lowest BCUT2D eigenvalue weighted by Gasteiger charge is -2.30. The molecule has 2 aromatic heterocycles. The highest BCUT2D eigenvalue weighted by atomic mass is 15.2. The average molecular weight is 286 g/mol. The Hall–Kier alpha value is -1.68. The molecule has 0 saturated carbocycles. The minimum atomic E-state index is 0.560. The molecule has 0 aromatic carbocycles. The average Bonchev–Trinajstić information content (AvgIpc) is 2.43. The second-order valence-corrected chi connectivity index (χ2v) is 6.01. The molecule has 0 amide bonds. The van der Waals surface area contributed by atoms with Crippen molar-refractivity contribution in [1.82, 2.24) is 14.9 Å². The Morgan fingerprint density at radius 3 is 2.48 bits per heavy atom. The van der Waals surface area contributed by atoms with Gasteiger partial charge in [0.15, 0.2) is 0 Å². The zero-order chi connectivity index (χ0) is 15.4. The molecular formula is C17H26N4. The van der Waals surface area contributed by atoms with Crippen LogP contribution in [0.3, 0.4) is 0 Å². The van der Waals surface area contributed by atoms with Gasteiger partial charge in [0.2, 0.25) is 0 Å². The van der Waals surface area contributed by atoms with Crippen molar-refractivity contribution < 1.29 is 0 Å². The Morgan fingerprint density at radius 2 is 1.81 bits per heavy atom. The van der Waals surface area contributed by atoms with Crippen LogP contribution in [-0.4, -0.2) is 40.0 Å². The number of nitrogens with one attached hydrogen (secondary N) is 1. The lowest BCUT2D eigenvalue weighted by atomic mass is 10.2. The molecule has 0 unspecified atom stereocenters. The van der Waals surface area contributed by atoms with Gasteiger partial charge in [0.25, 0.3) is 0 Å². The lowest BCUT2D eigenvalue weighted by molar-refractivity contribution is 0.182. The Balaban J connectivity index is 2.01. The Bertz CT molecular complexity index is 584. The quantitative estimate of drug-likeness (QED) is 0.883. The van der Waals surface area contributed by atoms with E-state index < -0.39 is 0 Å². The van der Waals surface area contributed by atoms with Crippen LogP contribution < -0.4 is 5.32 Å². The van der Waals surface area contributed by atoms with E-state index in [-0.39, 0.29) is 0 Å². The van der Waals surface area contributed by atoms with Crippen molar-refractivity contribution in [3.63, 3.8) is 0 Å². The molecule has 0 fully saturated rings. The third-order valence-electron chi connectivity index (χ3n) is 3.82. The highest BCUT2D eigenvalue weighted by Crippen LogP contribution is 2.16. The van der Waals surface area contributed by atoms with Gasteiger partial charge in [0.05, 0.1) is 5.52 Å². The van der Waals surface area contributed by atoms with Crippen molar-refractivity contribution in [2.45, 2.75) is 46.7 Å². The fourth-order valence-electron chi connectivity index (χ4n) is 2.72. The molecule has 114 valence electrons. The number of aryl methyl sites for hydroxylation is 1. The molecule has 0 aliphatic heterocycles. The van der Waals surface area contributed by atoms with Gasteiger partial charge in [0.1, 0.15) is 5.82 Å². The molecule has 21 heavy (non-hydrogen) atoms. The zero-order valence-electron chi connectivity index (χ0n) is 13.7. The minimum absolute atomic E-state index is 0.560. The summed E-state index contributed by atoms with van der Waals surface area (Å²) in [6.45, 7) is 12.9. The van der Waals surface area contributed by atoms with Crippen LogP contribution in [-0.2, 0) is 0 Å². The number of anilines is 1. The smallest absolute Gasteiger partial charge is 0.126 e. The number of hydrogen-bond donors (Lipinski definition) is 1. The highest BCUT2D eigenvalue weighted by Gasteiger charge is 2.12. The van der Waals surface area contributed by atoms with E-state index in [0.29, 0.717) is 12.1 Å². The van der Waals surface area contributed by atoms with E-state index in [4.69, 9.17) is 0 Å². The second-order valence-electron chi connectivity index (χ2n) is 6.01. The van der Waals surface area contributed by atoms with E-state index in [0.717, 1.165) is 35.5 Å². The molecule has 0 aliphatic carbocycles. The molecule has 0 spiro atoms. The maximum atomic E-state index is 4.65. The van der Waals surface area contributed by atoms with Gasteiger partial charge in [-0.3, -0.25) is 9.88 Å². The van der Waals surface area contributed by atoms with Crippen LogP contribution in [0.15, 0.2) is 24.4 Å². The topological polar surface area (TPSA) is 41.1 Å². The first-order chi connectivity index (χ1) is 9.99. The molecule has 0 saturated heterocycles. The number of hydrogen-bond acceptors (Lipinski definition) is 4. The van der Waals surface area contributed by atoms with Gasteiger partial charge in [-0.25, -0.2) is 4.98 Å². The number of rotatable bonds is 6. The standard InChI is InChI=1S/C17H26N4/c1-12(2)21(13(3)4)11-10-19-17-7-6-15-14(5)18-9-8-16(15)20-17/h6-9,12-13H,10-11H2,1-5H3,(H,19,20). The van der Waals surface area contributed by atoms with Crippen molar-refractivity contribution in [1.29, 1.82) is 0 Å². The molecule has 2 rings (SSSR count). The summed E-state index contributed by atoms with van der Waals surface area (Å²) in [6, 6.07) is 7.21. The highest BCUT2D eigenvalue weighted by molar-refractivity contribution is 5.81. The van der Waals surface area contributed by atoms with Crippen LogP contribution in [0, 0.1) is 6.92 Å². The summed E-state index contributed by atoms with van der Waals surface area (Å²) in [6.07, 6.45) is 1.81. The van der Waals surface area contributed by atoms with Gasteiger partial charge in [0, 0.05) is 42.5 Å². The fourth-order valence-corrected chi connectivity index (χ4v) is 2.72. The maximum Gasteiger partial charge on any atom is 0.126 e. The molecule has 0 radical (unpaired) electrons. The van der Waals surface area contributed by atoms with Crippen LogP contribution in [0.5, 0.6) is 0 Å². The number of aromatic nitrogens is 2. The van der Waals surface area contributed by atoms with Crippen molar-refractivity contribution in [3.8, 4) is 0 Å². The molecule has 4 nitrogen and oxygen atoms in total. The summed E-state index contributed by atoms with van der Waals surface area (Å²) >= 11 is 0. The van der Waals surface area contributed by atoms with Crippen molar-refractivity contribution in [2.24, 2.45) is 0 Å². The molecule has 0 bridgehead atoms. The van der Waals surface area contributed by atoms with Crippen LogP contribution in [0.2, 0.25) is 0 Å². The maximum absolute atomic E-state index is 4.65. The largest absolute Gasteiger partial charge is 0.369 e. The van der Waals surface area contributed by atoms with E-state index >= 15 is 0 Å². The normalized spacial score (nSPS) is 11.8. The SMILES string of the molecule is Cc1nccc2nc(NCCN(C(C)C)C(C)C)ccc12. The van der Waals surface area contributed by atoms with E-state index in [1.54, 1.807) is 0 Å². The third-order valence-corrected chi connectivity index (χ3v) is 3.82. The zero-order valence-corrected chi connectivity index (χ0v) is 13.7. The number of fused-ring (bicyclic) bond motifs is 1. The summed E-state index contributed by atoms with van der Waals surface area (Å²) < 4.78 is 0. The Kier molecular flexibility index (Phi) is 5.12. The fraction of sp³-hybridized carbons (Fsp3) is 0.529. The van der Waals surface area contributed by atoms with Crippen molar-refractivity contribution >= 4 is 16.7 Å². The van der Waals surface area contributed by atoms with E-state index in [1.165, 1.54) is 0 Å². The first kappa shape index (κ1) is 15.7. The van der Waals surface area contributed by atoms with E-state index in [9.17, 15) is 0 Å². The first-order valence-electron chi connectivity index (χ1n) is 7.71. The monoisotopic (exact) mass is 286 g/mol. The second kappa shape index (κ2) is 6.85.